The van der Waals surface area contributed by atoms with Crippen LogP contribution < -0.4 is 0 Å². The molecule has 258 valence electrons. The molecule has 3 aromatic carbocycles. The molecule has 49 heavy (non-hydrogen) atoms. The minimum absolute atomic E-state index is 0. The molecule has 1 aliphatic rings. The van der Waals surface area contributed by atoms with Gasteiger partial charge in [0.1, 0.15) is 23.9 Å². The number of aromatic amines is 2. The zero-order valence-electron chi connectivity index (χ0n) is 28.8. The predicted octanol–water partition coefficient (Wildman–Crippen LogP) is 9.42. The van der Waals surface area contributed by atoms with E-state index in [-0.39, 0.29) is 27.6 Å². The summed E-state index contributed by atoms with van der Waals surface area (Å²) in [4.78, 5) is 45.0. The second kappa shape index (κ2) is 14.4. The summed E-state index contributed by atoms with van der Waals surface area (Å²) in [5.74, 6) is 1.46. The van der Waals surface area contributed by atoms with Crippen LogP contribution in [0.1, 0.15) is 79.1 Å². The summed E-state index contributed by atoms with van der Waals surface area (Å²) in [5.41, 5.74) is 6.37. The van der Waals surface area contributed by atoms with E-state index in [1.165, 1.54) is 0 Å². The summed E-state index contributed by atoms with van der Waals surface area (Å²) in [6, 6.07) is 26.0. The average Bonchev–Trinajstić information content (AvgIpc) is 3.81. The Kier molecular flexibility index (Phi) is 9.85. The minimum Gasteiger partial charge on any atom is -0.445 e. The van der Waals surface area contributed by atoms with E-state index in [4.69, 9.17) is 14.5 Å². The SMILES string of the molecule is C[C@@H](c1ncc(-c2ccc(-c3ccc(-c4cnc([C@@H]5CCCCN5C(=O)OCc5ccccc5)[nH]4)cc3)cc2)[nH]1)N(C)C(=O)OC(C)(C)C.[HH].[HH]. The zero-order valence-corrected chi connectivity index (χ0v) is 28.8. The Morgan fingerprint density at radius 1 is 0.878 bits per heavy atom. The molecule has 0 unspecified atom stereocenters. The summed E-state index contributed by atoms with van der Waals surface area (Å²) < 4.78 is 11.2. The lowest BCUT2D eigenvalue weighted by atomic mass is 10.0. The third-order valence-electron chi connectivity index (χ3n) is 8.83. The van der Waals surface area contributed by atoms with Crippen LogP contribution in [0.2, 0.25) is 0 Å². The number of aromatic nitrogens is 4. The van der Waals surface area contributed by atoms with Crippen LogP contribution in [0.25, 0.3) is 33.6 Å². The highest BCUT2D eigenvalue weighted by molar-refractivity contribution is 5.72. The van der Waals surface area contributed by atoms with Crippen LogP contribution in [0, 0.1) is 0 Å². The predicted molar refractivity (Wildman–Crippen MR) is 194 cm³/mol. The van der Waals surface area contributed by atoms with E-state index < -0.39 is 11.7 Å². The number of carbonyl (C=O) groups is 2. The van der Waals surface area contributed by atoms with Crippen LogP contribution in [0.5, 0.6) is 0 Å². The van der Waals surface area contributed by atoms with Crippen molar-refractivity contribution in [3.05, 3.63) is 108 Å². The van der Waals surface area contributed by atoms with Gasteiger partial charge in [0.15, 0.2) is 0 Å². The van der Waals surface area contributed by atoms with Gasteiger partial charge in [0.25, 0.3) is 0 Å². The van der Waals surface area contributed by atoms with Crippen molar-refractivity contribution in [1.82, 2.24) is 29.7 Å². The molecule has 1 aliphatic heterocycles. The molecule has 2 N–H and O–H groups in total. The van der Waals surface area contributed by atoms with Crippen molar-refractivity contribution >= 4 is 12.2 Å². The van der Waals surface area contributed by atoms with E-state index in [1.54, 1.807) is 23.0 Å². The standard InChI is InChI=1S/C39H44N6O4.2H2/c1-26(44(5)37(46)49-39(2,3)4)35-40-23-32(42-35)30-18-14-28(15-19-30)29-16-20-31(21-17-29)33-24-41-36(43-33)34-13-9-10-22-45(34)38(47)48-25-27-11-7-6-8-12-27;;/h6-8,11-12,14-21,23-24,26,34H,9-10,13,22,25H2,1-5H3,(H,40,42)(H,41,43);2*1H/t26-,34-;;/m0../s1. The van der Waals surface area contributed by atoms with E-state index in [0.29, 0.717) is 12.4 Å². The summed E-state index contributed by atoms with van der Waals surface area (Å²) in [5, 5.41) is 0. The largest absolute Gasteiger partial charge is 0.445 e. The van der Waals surface area contributed by atoms with E-state index in [0.717, 1.165) is 64.3 Å². The molecule has 1 fully saturated rings. The van der Waals surface area contributed by atoms with Crippen molar-refractivity contribution in [1.29, 1.82) is 0 Å². The zero-order chi connectivity index (χ0) is 34.5. The monoisotopic (exact) mass is 664 g/mol. The van der Waals surface area contributed by atoms with Gasteiger partial charge in [0.2, 0.25) is 0 Å². The van der Waals surface area contributed by atoms with Crippen molar-refractivity contribution in [2.75, 3.05) is 13.6 Å². The number of nitrogens with zero attached hydrogens (tertiary/aromatic N) is 4. The number of amides is 2. The van der Waals surface area contributed by atoms with E-state index in [9.17, 15) is 9.59 Å². The Bertz CT molecular complexity index is 1870. The number of piperidine rings is 1. The fourth-order valence-corrected chi connectivity index (χ4v) is 5.94. The van der Waals surface area contributed by atoms with Gasteiger partial charge in [-0.25, -0.2) is 19.6 Å². The van der Waals surface area contributed by atoms with Gasteiger partial charge in [-0.1, -0.05) is 78.9 Å². The van der Waals surface area contributed by atoms with Crippen molar-refractivity contribution in [3.63, 3.8) is 0 Å². The highest BCUT2D eigenvalue weighted by Gasteiger charge is 2.31. The number of imidazole rings is 2. The third kappa shape index (κ3) is 8.02. The number of rotatable bonds is 8. The molecule has 5 aromatic rings. The highest BCUT2D eigenvalue weighted by atomic mass is 16.6. The Morgan fingerprint density at radius 2 is 1.47 bits per heavy atom. The molecule has 0 aliphatic carbocycles. The van der Waals surface area contributed by atoms with Crippen molar-refractivity contribution in [2.24, 2.45) is 0 Å². The molecule has 10 nitrogen and oxygen atoms in total. The number of carbonyl (C=O) groups excluding carboxylic acids is 2. The van der Waals surface area contributed by atoms with Crippen molar-refractivity contribution < 1.29 is 21.9 Å². The summed E-state index contributed by atoms with van der Waals surface area (Å²) in [6.07, 6.45) is 5.74. The van der Waals surface area contributed by atoms with Crippen LogP contribution in [0.4, 0.5) is 9.59 Å². The molecule has 6 rings (SSSR count). The molecule has 0 bridgehead atoms. The first kappa shape index (κ1) is 33.5. The molecule has 3 heterocycles. The van der Waals surface area contributed by atoms with Gasteiger partial charge in [0.05, 0.1) is 35.9 Å². The number of benzene rings is 3. The third-order valence-corrected chi connectivity index (χ3v) is 8.83. The Labute approximate surface area is 290 Å². The first-order valence-electron chi connectivity index (χ1n) is 16.8. The fraction of sp³-hybridized carbons (Fsp3) is 0.333. The fourth-order valence-electron chi connectivity index (χ4n) is 5.94. The lowest BCUT2D eigenvalue weighted by molar-refractivity contribution is 0.0227. The van der Waals surface area contributed by atoms with Crippen molar-refractivity contribution in [2.45, 2.75) is 71.2 Å². The van der Waals surface area contributed by atoms with Crippen LogP contribution in [-0.4, -0.2) is 61.1 Å². The lowest BCUT2D eigenvalue weighted by Gasteiger charge is -2.33. The number of ether oxygens (including phenoxy) is 2. The molecule has 2 atom stereocenters. The van der Waals surface area contributed by atoms with Crippen LogP contribution >= 0.6 is 0 Å². The Hall–Kier alpha value is -5.38. The minimum atomic E-state index is -0.567. The number of hydrogen-bond donors (Lipinski definition) is 2. The van der Waals surface area contributed by atoms with Crippen LogP contribution in [-0.2, 0) is 16.1 Å². The molecule has 10 heteroatoms. The maximum absolute atomic E-state index is 13.1. The van der Waals surface area contributed by atoms with Gasteiger partial charge >= 0.3 is 12.2 Å². The first-order valence-corrected chi connectivity index (χ1v) is 16.8. The van der Waals surface area contributed by atoms with Crippen LogP contribution in [0.3, 0.4) is 0 Å². The summed E-state index contributed by atoms with van der Waals surface area (Å²) in [7, 11) is 1.71. The summed E-state index contributed by atoms with van der Waals surface area (Å²) in [6.45, 7) is 8.36. The summed E-state index contributed by atoms with van der Waals surface area (Å²) >= 11 is 0. The average molecular weight is 665 g/mol. The van der Waals surface area contributed by atoms with Gasteiger partial charge in [-0.3, -0.25) is 4.90 Å². The maximum Gasteiger partial charge on any atom is 0.410 e. The molecule has 2 amide bonds. The molecular weight excluding hydrogens is 616 g/mol. The first-order chi connectivity index (χ1) is 23.6. The van der Waals surface area contributed by atoms with E-state index in [2.05, 4.69) is 63.5 Å². The second-order valence-electron chi connectivity index (χ2n) is 13.5. The molecule has 0 saturated carbocycles. The maximum atomic E-state index is 13.1. The van der Waals surface area contributed by atoms with Gasteiger partial charge < -0.3 is 24.3 Å². The number of likely N-dealkylation sites (tertiary alicyclic amines) is 1. The second-order valence-corrected chi connectivity index (χ2v) is 13.5. The quantitative estimate of drug-likeness (QED) is 0.171. The normalized spacial score (nSPS) is 15.4. The van der Waals surface area contributed by atoms with E-state index in [1.807, 2.05) is 64.2 Å². The topological polar surface area (TPSA) is 116 Å². The van der Waals surface area contributed by atoms with Gasteiger partial charge in [-0.05, 0) is 74.8 Å². The molecule has 0 spiro atoms. The molecule has 1 saturated heterocycles. The Balaban J connectivity index is 0.00000292. The molecule has 0 radical (unpaired) electrons. The highest BCUT2D eigenvalue weighted by Crippen LogP contribution is 2.32. The number of H-pyrrole nitrogens is 2. The van der Waals surface area contributed by atoms with Crippen molar-refractivity contribution in [3.8, 4) is 33.6 Å². The van der Waals surface area contributed by atoms with Crippen LogP contribution in [0.15, 0.2) is 91.3 Å². The number of hydrogen-bond acceptors (Lipinski definition) is 6. The van der Waals surface area contributed by atoms with Gasteiger partial charge in [-0.15, -0.1) is 0 Å². The van der Waals surface area contributed by atoms with Gasteiger partial charge in [0, 0.05) is 16.4 Å². The Morgan fingerprint density at radius 3 is 2.10 bits per heavy atom. The lowest BCUT2D eigenvalue weighted by Crippen LogP contribution is -2.39. The van der Waals surface area contributed by atoms with E-state index >= 15 is 0 Å². The van der Waals surface area contributed by atoms with Gasteiger partial charge in [-0.2, -0.15) is 0 Å². The molecular formula is C39H48N6O4. The number of nitrogens with one attached hydrogen (secondary N) is 2. The molecule has 2 aromatic heterocycles. The smallest absolute Gasteiger partial charge is 0.410 e.